The lowest BCUT2D eigenvalue weighted by Crippen LogP contribution is -2.59. The fourth-order valence-corrected chi connectivity index (χ4v) is 3.95. The van der Waals surface area contributed by atoms with E-state index in [2.05, 4.69) is 15.9 Å². The van der Waals surface area contributed by atoms with E-state index in [1.807, 2.05) is 20.8 Å². The second-order valence-electron chi connectivity index (χ2n) is 6.91. The summed E-state index contributed by atoms with van der Waals surface area (Å²) in [6.07, 6.45) is -2.86. The molecule has 5 atom stereocenters. The predicted octanol–water partition coefficient (Wildman–Crippen LogP) is 4.36. The molecule has 1 aromatic rings. The third-order valence-corrected chi connectivity index (χ3v) is 5.11. The van der Waals surface area contributed by atoms with Crippen molar-refractivity contribution in [3.63, 3.8) is 0 Å². The maximum atomic E-state index is 11.7. The van der Waals surface area contributed by atoms with Crippen molar-refractivity contribution in [2.75, 3.05) is 0 Å². The van der Waals surface area contributed by atoms with Crippen LogP contribution in [0, 0.1) is 11.8 Å². The van der Waals surface area contributed by atoms with Crippen molar-refractivity contribution in [1.29, 1.82) is 0 Å². The number of hydrogen-bond donors (Lipinski definition) is 0. The van der Waals surface area contributed by atoms with Crippen LogP contribution in [0.5, 0.6) is 5.75 Å². The van der Waals surface area contributed by atoms with Crippen molar-refractivity contribution in [2.45, 2.75) is 59.2 Å². The van der Waals surface area contributed by atoms with Crippen LogP contribution >= 0.6 is 27.5 Å². The molecule has 150 valence electrons. The summed E-state index contributed by atoms with van der Waals surface area (Å²) in [6.45, 7) is 8.51. The molecule has 1 saturated heterocycles. The van der Waals surface area contributed by atoms with Crippen LogP contribution in [-0.2, 0) is 23.8 Å². The minimum atomic E-state index is -0.972. The molecule has 0 spiro atoms. The highest BCUT2D eigenvalue weighted by molar-refractivity contribution is 9.10. The molecule has 0 radical (unpaired) electrons. The molecule has 0 N–H and O–H groups in total. The van der Waals surface area contributed by atoms with Gasteiger partial charge in [-0.25, -0.2) is 0 Å². The summed E-state index contributed by atoms with van der Waals surface area (Å²) in [7, 11) is 0. The maximum Gasteiger partial charge on any atom is 0.303 e. The van der Waals surface area contributed by atoms with Gasteiger partial charge in [-0.3, -0.25) is 9.59 Å². The summed E-state index contributed by atoms with van der Waals surface area (Å²) < 4.78 is 23.8. The number of ether oxygens (including phenoxy) is 4. The Hall–Kier alpha value is -1.31. The van der Waals surface area contributed by atoms with Crippen LogP contribution < -0.4 is 4.74 Å². The van der Waals surface area contributed by atoms with Crippen LogP contribution in [0.15, 0.2) is 22.7 Å². The topological polar surface area (TPSA) is 71.1 Å². The van der Waals surface area contributed by atoms with E-state index in [-0.39, 0.29) is 17.9 Å². The molecular formula is C19H24BrClO6. The zero-order valence-corrected chi connectivity index (χ0v) is 18.2. The highest BCUT2D eigenvalue weighted by Crippen LogP contribution is 2.37. The Morgan fingerprint density at radius 2 is 1.74 bits per heavy atom. The first-order valence-corrected chi connectivity index (χ1v) is 9.88. The average molecular weight is 464 g/mol. The van der Waals surface area contributed by atoms with E-state index in [1.165, 1.54) is 13.8 Å². The summed E-state index contributed by atoms with van der Waals surface area (Å²) in [5.74, 6) is -0.678. The van der Waals surface area contributed by atoms with Crippen molar-refractivity contribution in [3.8, 4) is 5.75 Å². The lowest BCUT2D eigenvalue weighted by Gasteiger charge is -2.45. The number of carbonyl (C=O) groups is 2. The molecule has 1 aromatic carbocycles. The van der Waals surface area contributed by atoms with Crippen LogP contribution in [0.3, 0.4) is 0 Å². The molecule has 0 amide bonds. The van der Waals surface area contributed by atoms with E-state index in [0.717, 1.165) is 4.47 Å². The van der Waals surface area contributed by atoms with Crippen molar-refractivity contribution in [3.05, 3.63) is 27.7 Å². The van der Waals surface area contributed by atoms with Gasteiger partial charge in [-0.15, -0.1) is 0 Å². The van der Waals surface area contributed by atoms with Gasteiger partial charge in [-0.2, -0.15) is 0 Å². The van der Waals surface area contributed by atoms with Crippen LogP contribution in [0.4, 0.5) is 0 Å². The van der Waals surface area contributed by atoms with Crippen molar-refractivity contribution < 1.29 is 28.5 Å². The highest BCUT2D eigenvalue weighted by Gasteiger charge is 2.50. The number of hydrogen-bond acceptors (Lipinski definition) is 6. The zero-order chi connectivity index (χ0) is 20.3. The molecule has 1 fully saturated rings. The smallest absolute Gasteiger partial charge is 0.303 e. The summed E-state index contributed by atoms with van der Waals surface area (Å²) in [6, 6.07) is 5.15. The Morgan fingerprint density at radius 1 is 1.15 bits per heavy atom. The molecule has 0 aliphatic carbocycles. The van der Waals surface area contributed by atoms with E-state index in [1.54, 1.807) is 18.2 Å². The number of carbonyl (C=O) groups excluding carboxylic acids is 2. The van der Waals surface area contributed by atoms with E-state index in [0.29, 0.717) is 10.8 Å². The highest BCUT2D eigenvalue weighted by atomic mass is 79.9. The Balaban J connectivity index is 2.38. The first kappa shape index (κ1) is 22.0. The lowest BCUT2D eigenvalue weighted by molar-refractivity contribution is -0.273. The van der Waals surface area contributed by atoms with Crippen molar-refractivity contribution >= 4 is 39.5 Å². The van der Waals surface area contributed by atoms with Gasteiger partial charge in [0.15, 0.2) is 0 Å². The van der Waals surface area contributed by atoms with Gasteiger partial charge in [-0.1, -0.05) is 48.3 Å². The van der Waals surface area contributed by atoms with Crippen molar-refractivity contribution in [2.24, 2.45) is 11.8 Å². The lowest BCUT2D eigenvalue weighted by atomic mass is 9.84. The third-order valence-electron chi connectivity index (χ3n) is 4.32. The molecule has 6 nitrogen and oxygen atoms in total. The Bertz CT molecular complexity index is 695. The Kier molecular flexibility index (Phi) is 7.54. The summed E-state index contributed by atoms with van der Waals surface area (Å²) in [5.41, 5.74) is 0. The molecule has 1 aliphatic heterocycles. The van der Waals surface area contributed by atoms with Gasteiger partial charge < -0.3 is 18.9 Å². The van der Waals surface area contributed by atoms with E-state index < -0.39 is 30.4 Å². The standard InChI is InChI=1S/C19H24BrClO6/c1-9(2)16-10(3)17(24-11(4)22)18(25-12(5)23)19(27-16)26-15-7-6-13(20)8-14(15)21/h6-10,16-19H,1-5H3/t10-,16-,17+,18+,19+/m1/s1. The predicted molar refractivity (Wildman–Crippen MR) is 104 cm³/mol. The number of benzene rings is 1. The monoisotopic (exact) mass is 462 g/mol. The average Bonchev–Trinajstić information content (AvgIpc) is 2.54. The first-order valence-electron chi connectivity index (χ1n) is 8.71. The SMILES string of the molecule is CC(=O)O[C@@H]1[C@@H](Oc2ccc(Br)cc2Cl)O[C@H](C(C)C)[C@@H](C)[C@@H]1OC(C)=O. The van der Waals surface area contributed by atoms with Gasteiger partial charge in [-0.05, 0) is 24.1 Å². The molecule has 2 rings (SSSR count). The molecule has 0 unspecified atom stereocenters. The van der Waals surface area contributed by atoms with Gasteiger partial charge in [0.25, 0.3) is 0 Å². The van der Waals surface area contributed by atoms with Crippen LogP contribution in [0.1, 0.15) is 34.6 Å². The Morgan fingerprint density at radius 3 is 2.26 bits per heavy atom. The van der Waals surface area contributed by atoms with Crippen molar-refractivity contribution in [1.82, 2.24) is 0 Å². The molecule has 27 heavy (non-hydrogen) atoms. The molecule has 0 saturated carbocycles. The number of esters is 2. The van der Waals surface area contributed by atoms with Gasteiger partial charge in [0, 0.05) is 24.2 Å². The first-order chi connectivity index (χ1) is 12.6. The minimum Gasteiger partial charge on any atom is -0.459 e. The molecule has 1 heterocycles. The van der Waals surface area contributed by atoms with Crippen LogP contribution in [-0.4, -0.2) is 36.5 Å². The quantitative estimate of drug-likeness (QED) is 0.604. The Labute approximate surface area is 172 Å². The second-order valence-corrected chi connectivity index (χ2v) is 8.24. The normalized spacial score (nSPS) is 27.9. The largest absolute Gasteiger partial charge is 0.459 e. The minimum absolute atomic E-state index is 0.128. The maximum absolute atomic E-state index is 11.7. The zero-order valence-electron chi connectivity index (χ0n) is 15.9. The molecule has 8 heteroatoms. The van der Waals surface area contributed by atoms with Gasteiger partial charge in [0.1, 0.15) is 11.9 Å². The summed E-state index contributed by atoms with van der Waals surface area (Å²) >= 11 is 9.59. The van der Waals surface area contributed by atoms with Crippen LogP contribution in [0.25, 0.3) is 0 Å². The fourth-order valence-electron chi connectivity index (χ4n) is 3.23. The molecule has 1 aliphatic rings. The third kappa shape index (κ3) is 5.59. The van der Waals surface area contributed by atoms with Crippen LogP contribution in [0.2, 0.25) is 5.02 Å². The summed E-state index contributed by atoms with van der Waals surface area (Å²) in [5, 5.41) is 0.373. The van der Waals surface area contributed by atoms with Gasteiger partial charge in [0.05, 0.1) is 11.1 Å². The second kappa shape index (κ2) is 9.26. The number of rotatable bonds is 5. The van der Waals surface area contributed by atoms with E-state index >= 15 is 0 Å². The molecular weight excluding hydrogens is 440 g/mol. The molecule has 0 aromatic heterocycles. The van der Waals surface area contributed by atoms with E-state index in [9.17, 15) is 9.59 Å². The summed E-state index contributed by atoms with van der Waals surface area (Å²) in [4.78, 5) is 23.3. The fraction of sp³-hybridized carbons (Fsp3) is 0.579. The van der Waals surface area contributed by atoms with Gasteiger partial charge >= 0.3 is 11.9 Å². The number of halogens is 2. The molecule has 0 bridgehead atoms. The van der Waals surface area contributed by atoms with Gasteiger partial charge in [0.2, 0.25) is 12.4 Å². The van der Waals surface area contributed by atoms with E-state index in [4.69, 9.17) is 30.5 Å².